The van der Waals surface area contributed by atoms with E-state index in [4.69, 9.17) is 0 Å². The number of likely N-dealkylation sites (N-methyl/N-ethyl adjacent to an activating group) is 1. The molecule has 2 N–H and O–H groups in total. The topological polar surface area (TPSA) is 32.3 Å². The van der Waals surface area contributed by atoms with Crippen molar-refractivity contribution in [1.82, 2.24) is 5.32 Å². The van der Waals surface area contributed by atoms with Crippen LogP contribution in [0.3, 0.4) is 0 Å². The summed E-state index contributed by atoms with van der Waals surface area (Å²) in [6.07, 6.45) is 3.10. The molecule has 1 aliphatic rings. The first-order valence-electron chi connectivity index (χ1n) is 5.30. The van der Waals surface area contributed by atoms with Gasteiger partial charge in [-0.1, -0.05) is 20.8 Å². The maximum absolute atomic E-state index is 9.69. The molecule has 13 heavy (non-hydrogen) atoms. The highest BCUT2D eigenvalue weighted by Gasteiger charge is 2.34. The summed E-state index contributed by atoms with van der Waals surface area (Å²) in [6.45, 7) is 6.88. The van der Waals surface area contributed by atoms with Gasteiger partial charge in [-0.2, -0.15) is 0 Å². The Morgan fingerprint density at radius 2 is 1.85 bits per heavy atom. The molecular weight excluding hydrogens is 162 g/mol. The van der Waals surface area contributed by atoms with Crippen molar-refractivity contribution < 1.29 is 5.11 Å². The molecule has 0 bridgehead atoms. The van der Waals surface area contributed by atoms with E-state index in [0.717, 1.165) is 18.8 Å². The third-order valence-electron chi connectivity index (χ3n) is 3.41. The van der Waals surface area contributed by atoms with Crippen molar-refractivity contribution in [2.24, 2.45) is 11.3 Å². The molecule has 0 amide bonds. The second-order valence-electron chi connectivity index (χ2n) is 5.34. The van der Waals surface area contributed by atoms with E-state index in [0.29, 0.717) is 11.5 Å². The van der Waals surface area contributed by atoms with Crippen molar-refractivity contribution in [2.75, 3.05) is 7.05 Å². The predicted molar refractivity (Wildman–Crippen MR) is 55.7 cm³/mol. The Hall–Kier alpha value is -0.0800. The fourth-order valence-electron chi connectivity index (χ4n) is 2.25. The van der Waals surface area contributed by atoms with Crippen LogP contribution in [0.25, 0.3) is 0 Å². The first kappa shape index (κ1) is 11.0. The van der Waals surface area contributed by atoms with E-state index in [1.165, 1.54) is 6.42 Å². The van der Waals surface area contributed by atoms with Gasteiger partial charge >= 0.3 is 0 Å². The number of aliphatic hydroxyl groups excluding tert-OH is 1. The molecular formula is C11H23NO. The molecule has 1 saturated carbocycles. The predicted octanol–water partition coefficient (Wildman–Crippen LogP) is 1.78. The Labute approximate surface area is 81.7 Å². The van der Waals surface area contributed by atoms with Crippen LogP contribution in [0.4, 0.5) is 0 Å². The van der Waals surface area contributed by atoms with Gasteiger partial charge in [-0.15, -0.1) is 0 Å². The smallest absolute Gasteiger partial charge is 0.0693 e. The van der Waals surface area contributed by atoms with Crippen molar-refractivity contribution in [3.8, 4) is 0 Å². The van der Waals surface area contributed by atoms with E-state index in [1.54, 1.807) is 0 Å². The maximum atomic E-state index is 9.69. The highest BCUT2D eigenvalue weighted by molar-refractivity contribution is 4.88. The van der Waals surface area contributed by atoms with Gasteiger partial charge in [-0.05, 0) is 37.6 Å². The Morgan fingerprint density at radius 3 is 2.31 bits per heavy atom. The largest absolute Gasteiger partial charge is 0.392 e. The molecule has 0 aromatic rings. The molecule has 2 nitrogen and oxygen atoms in total. The Balaban J connectivity index is 2.55. The Bertz CT molecular complexity index is 162. The summed E-state index contributed by atoms with van der Waals surface area (Å²) in [6, 6.07) is 0.304. The minimum Gasteiger partial charge on any atom is -0.392 e. The third kappa shape index (κ3) is 2.68. The maximum Gasteiger partial charge on any atom is 0.0693 e. The number of nitrogens with one attached hydrogen (secondary N) is 1. The average molecular weight is 185 g/mol. The van der Waals surface area contributed by atoms with Gasteiger partial charge in [0.2, 0.25) is 0 Å². The zero-order valence-corrected chi connectivity index (χ0v) is 9.30. The highest BCUT2D eigenvalue weighted by atomic mass is 16.3. The van der Waals surface area contributed by atoms with Gasteiger partial charge in [-0.3, -0.25) is 0 Å². The average Bonchev–Trinajstić information content (AvgIpc) is 2.03. The molecule has 0 aliphatic heterocycles. The molecule has 1 aliphatic carbocycles. The van der Waals surface area contributed by atoms with Crippen LogP contribution in [-0.4, -0.2) is 24.3 Å². The quantitative estimate of drug-likeness (QED) is 0.652. The van der Waals surface area contributed by atoms with Gasteiger partial charge in [0.1, 0.15) is 0 Å². The van der Waals surface area contributed by atoms with Gasteiger partial charge in [-0.25, -0.2) is 0 Å². The summed E-state index contributed by atoms with van der Waals surface area (Å²) in [5, 5.41) is 12.9. The van der Waals surface area contributed by atoms with Crippen LogP contribution in [0.2, 0.25) is 0 Å². The van der Waals surface area contributed by atoms with Crippen LogP contribution in [-0.2, 0) is 0 Å². The van der Waals surface area contributed by atoms with Gasteiger partial charge < -0.3 is 10.4 Å². The molecule has 0 radical (unpaired) electrons. The second kappa shape index (κ2) is 3.97. The standard InChI is InChI=1S/C11H23NO/c1-11(2,3)8-5-6-10(13)9(7-8)12-4/h8-10,12-13H,5-7H2,1-4H3/t8-,9+,10+/m1/s1. The second-order valence-corrected chi connectivity index (χ2v) is 5.34. The van der Waals surface area contributed by atoms with E-state index in [1.807, 2.05) is 7.05 Å². The van der Waals surface area contributed by atoms with Gasteiger partial charge in [0.05, 0.1) is 6.10 Å². The van der Waals surface area contributed by atoms with E-state index < -0.39 is 0 Å². The number of hydrogen-bond donors (Lipinski definition) is 2. The summed E-state index contributed by atoms with van der Waals surface area (Å²) >= 11 is 0. The number of hydrogen-bond acceptors (Lipinski definition) is 2. The van der Waals surface area contributed by atoms with Gasteiger partial charge in [0.15, 0.2) is 0 Å². The lowest BCUT2D eigenvalue weighted by Crippen LogP contribution is -2.45. The van der Waals surface area contributed by atoms with Crippen LogP contribution in [0.1, 0.15) is 40.0 Å². The third-order valence-corrected chi connectivity index (χ3v) is 3.41. The first-order chi connectivity index (χ1) is 5.95. The minimum atomic E-state index is -0.136. The lowest BCUT2D eigenvalue weighted by atomic mass is 9.70. The summed E-state index contributed by atoms with van der Waals surface area (Å²) in [7, 11) is 1.94. The van der Waals surface area contributed by atoms with E-state index >= 15 is 0 Å². The molecule has 0 spiro atoms. The highest BCUT2D eigenvalue weighted by Crippen LogP contribution is 2.37. The monoisotopic (exact) mass is 185 g/mol. The summed E-state index contributed by atoms with van der Waals surface area (Å²) in [5.74, 6) is 0.744. The van der Waals surface area contributed by atoms with Crippen LogP contribution in [0.15, 0.2) is 0 Å². The lowest BCUT2D eigenvalue weighted by molar-refractivity contribution is 0.0425. The van der Waals surface area contributed by atoms with Crippen LogP contribution in [0, 0.1) is 11.3 Å². The van der Waals surface area contributed by atoms with Crippen molar-refractivity contribution in [3.63, 3.8) is 0 Å². The molecule has 0 heterocycles. The molecule has 0 saturated heterocycles. The van der Waals surface area contributed by atoms with Crippen molar-refractivity contribution in [1.29, 1.82) is 0 Å². The Kier molecular flexibility index (Phi) is 3.36. The van der Waals surface area contributed by atoms with Crippen LogP contribution in [0.5, 0.6) is 0 Å². The van der Waals surface area contributed by atoms with E-state index in [2.05, 4.69) is 26.1 Å². The lowest BCUT2D eigenvalue weighted by Gasteiger charge is -2.40. The fourth-order valence-corrected chi connectivity index (χ4v) is 2.25. The normalized spacial score (nSPS) is 36.2. The van der Waals surface area contributed by atoms with E-state index in [-0.39, 0.29) is 6.10 Å². The van der Waals surface area contributed by atoms with E-state index in [9.17, 15) is 5.11 Å². The summed E-state index contributed by atoms with van der Waals surface area (Å²) < 4.78 is 0. The molecule has 1 rings (SSSR count). The zero-order valence-electron chi connectivity index (χ0n) is 9.30. The SMILES string of the molecule is CN[C@H]1C[C@H](C(C)(C)C)CC[C@@H]1O. The number of rotatable bonds is 1. The van der Waals surface area contributed by atoms with Gasteiger partial charge in [0, 0.05) is 6.04 Å². The first-order valence-corrected chi connectivity index (χ1v) is 5.30. The molecule has 0 aromatic carbocycles. The summed E-state index contributed by atoms with van der Waals surface area (Å²) in [5.41, 5.74) is 0.384. The molecule has 0 unspecified atom stereocenters. The fraction of sp³-hybridized carbons (Fsp3) is 1.00. The molecule has 1 fully saturated rings. The molecule has 2 heteroatoms. The van der Waals surface area contributed by atoms with Crippen LogP contribution >= 0.6 is 0 Å². The van der Waals surface area contributed by atoms with Gasteiger partial charge in [0.25, 0.3) is 0 Å². The van der Waals surface area contributed by atoms with Crippen LogP contribution < -0.4 is 5.32 Å². The molecule has 78 valence electrons. The summed E-state index contributed by atoms with van der Waals surface area (Å²) in [4.78, 5) is 0. The van der Waals surface area contributed by atoms with Crippen molar-refractivity contribution in [2.45, 2.75) is 52.2 Å². The Morgan fingerprint density at radius 1 is 1.23 bits per heavy atom. The molecule has 3 atom stereocenters. The molecule has 0 aromatic heterocycles. The zero-order chi connectivity index (χ0) is 10.1. The number of aliphatic hydroxyl groups is 1. The minimum absolute atomic E-state index is 0.136. The van der Waals surface area contributed by atoms with Crippen molar-refractivity contribution >= 4 is 0 Å². The van der Waals surface area contributed by atoms with Crippen molar-refractivity contribution in [3.05, 3.63) is 0 Å².